The molecule has 0 unspecified atom stereocenters. The van der Waals surface area contributed by atoms with Crippen LogP contribution >= 0.6 is 0 Å². The van der Waals surface area contributed by atoms with E-state index in [9.17, 15) is 8.42 Å². The van der Waals surface area contributed by atoms with Crippen LogP contribution in [0.25, 0.3) is 10.8 Å². The number of hydrazone groups is 1. The molecule has 1 saturated heterocycles. The predicted molar refractivity (Wildman–Crippen MR) is 110 cm³/mol. The quantitative estimate of drug-likeness (QED) is 0.419. The summed E-state index contributed by atoms with van der Waals surface area (Å²) < 4.78 is 31.1. The molecule has 1 fully saturated rings. The van der Waals surface area contributed by atoms with E-state index in [1.54, 1.807) is 18.2 Å². The number of benzene rings is 3. The van der Waals surface area contributed by atoms with Gasteiger partial charge in [-0.2, -0.15) is 13.2 Å². The molecular weight excluding hydrogens is 374 g/mol. The van der Waals surface area contributed by atoms with Gasteiger partial charge < -0.3 is 9.64 Å². The van der Waals surface area contributed by atoms with Crippen molar-refractivity contribution in [3.8, 4) is 0 Å². The van der Waals surface area contributed by atoms with Crippen molar-refractivity contribution in [1.82, 2.24) is 9.73 Å². The first-order valence-electron chi connectivity index (χ1n) is 9.10. The van der Waals surface area contributed by atoms with Gasteiger partial charge in [-0.25, -0.2) is 0 Å². The molecule has 3 aromatic rings. The molecule has 0 bridgehead atoms. The lowest BCUT2D eigenvalue weighted by Gasteiger charge is -2.29. The lowest BCUT2D eigenvalue weighted by molar-refractivity contribution is 0.0681. The zero-order chi connectivity index (χ0) is 19.4. The number of rotatable bonds is 4. The van der Waals surface area contributed by atoms with Crippen LogP contribution in [0.2, 0.25) is 0 Å². The minimum Gasteiger partial charge on any atom is -0.378 e. The highest BCUT2D eigenvalue weighted by atomic mass is 32.2. The molecule has 6 nitrogen and oxygen atoms in total. The lowest BCUT2D eigenvalue weighted by Crippen LogP contribution is -2.42. The normalized spacial score (nSPS) is 15.6. The first-order valence-corrected chi connectivity index (χ1v) is 10.6. The van der Waals surface area contributed by atoms with E-state index in [2.05, 4.69) is 9.93 Å². The van der Waals surface area contributed by atoms with Crippen molar-refractivity contribution in [2.45, 2.75) is 4.90 Å². The first-order chi connectivity index (χ1) is 13.6. The van der Waals surface area contributed by atoms with Crippen molar-refractivity contribution in [3.05, 3.63) is 78.4 Å². The summed E-state index contributed by atoms with van der Waals surface area (Å²) in [7, 11) is -3.79. The number of sulfonamides is 1. The molecule has 0 amide bonds. The molecule has 1 N–H and O–H groups in total. The van der Waals surface area contributed by atoms with Gasteiger partial charge >= 0.3 is 0 Å². The number of nitrogens with zero attached hydrogens (tertiary/aromatic N) is 2. The largest absolute Gasteiger partial charge is 0.378 e. The SMILES string of the molecule is O=S(=O)(N/N=C(\c1ccccc1)N1CCOCC1)c1ccc2ccccc2c1. The zero-order valence-electron chi connectivity index (χ0n) is 15.3. The molecule has 0 saturated carbocycles. The van der Waals surface area contributed by atoms with Crippen LogP contribution in [-0.2, 0) is 14.8 Å². The predicted octanol–water partition coefficient (Wildman–Crippen LogP) is 2.81. The van der Waals surface area contributed by atoms with E-state index in [-0.39, 0.29) is 4.90 Å². The fourth-order valence-corrected chi connectivity index (χ4v) is 4.01. The number of fused-ring (bicyclic) bond motifs is 1. The molecule has 7 heteroatoms. The number of morpholine rings is 1. The van der Waals surface area contributed by atoms with E-state index >= 15 is 0 Å². The molecule has 0 aliphatic carbocycles. The number of hydrogen-bond donors (Lipinski definition) is 1. The van der Waals surface area contributed by atoms with Gasteiger partial charge in [-0.3, -0.25) is 0 Å². The Hall–Kier alpha value is -2.90. The van der Waals surface area contributed by atoms with E-state index < -0.39 is 10.0 Å². The Balaban J connectivity index is 1.65. The molecule has 0 atom stereocenters. The van der Waals surface area contributed by atoms with E-state index in [0.29, 0.717) is 32.1 Å². The number of ether oxygens (including phenoxy) is 1. The second-order valence-corrected chi connectivity index (χ2v) is 8.17. The molecule has 3 aromatic carbocycles. The number of amidine groups is 1. The molecule has 1 heterocycles. The van der Waals surface area contributed by atoms with E-state index in [4.69, 9.17) is 4.74 Å². The van der Waals surface area contributed by atoms with Gasteiger partial charge in [0.05, 0.1) is 18.1 Å². The van der Waals surface area contributed by atoms with Crippen LogP contribution in [0.15, 0.2) is 82.8 Å². The fraction of sp³-hybridized carbons (Fsp3) is 0.190. The van der Waals surface area contributed by atoms with Crippen LogP contribution in [0.1, 0.15) is 5.56 Å². The van der Waals surface area contributed by atoms with Gasteiger partial charge in [0.25, 0.3) is 10.0 Å². The van der Waals surface area contributed by atoms with Gasteiger partial charge in [-0.1, -0.05) is 60.7 Å². The maximum Gasteiger partial charge on any atom is 0.276 e. The van der Waals surface area contributed by atoms with Gasteiger partial charge in [0.15, 0.2) is 5.84 Å². The van der Waals surface area contributed by atoms with Gasteiger partial charge in [0, 0.05) is 18.7 Å². The molecule has 28 heavy (non-hydrogen) atoms. The lowest BCUT2D eigenvalue weighted by atomic mass is 10.1. The molecular formula is C21H21N3O3S. The summed E-state index contributed by atoms with van der Waals surface area (Å²) in [6.07, 6.45) is 0. The Labute approximate surface area is 164 Å². The average molecular weight is 395 g/mol. The maximum absolute atomic E-state index is 12.8. The van der Waals surface area contributed by atoms with E-state index in [0.717, 1.165) is 16.3 Å². The monoisotopic (exact) mass is 395 g/mol. The molecule has 1 aliphatic heterocycles. The van der Waals surface area contributed by atoms with Crippen LogP contribution in [0.5, 0.6) is 0 Å². The Bertz CT molecular complexity index is 1090. The fourth-order valence-electron chi connectivity index (χ4n) is 3.17. The van der Waals surface area contributed by atoms with Crippen LogP contribution in [-0.4, -0.2) is 45.5 Å². The van der Waals surface area contributed by atoms with Gasteiger partial charge in [-0.05, 0) is 22.9 Å². The molecule has 4 rings (SSSR count). The van der Waals surface area contributed by atoms with E-state index in [1.165, 1.54) is 0 Å². The Morgan fingerprint density at radius 1 is 0.893 bits per heavy atom. The first kappa shape index (κ1) is 18.5. The molecule has 0 radical (unpaired) electrons. The maximum atomic E-state index is 12.8. The average Bonchev–Trinajstić information content (AvgIpc) is 2.75. The summed E-state index contributed by atoms with van der Waals surface area (Å²) in [6.45, 7) is 2.49. The smallest absolute Gasteiger partial charge is 0.276 e. The summed E-state index contributed by atoms with van der Waals surface area (Å²) in [5.41, 5.74) is 0.852. The van der Waals surface area contributed by atoms with Gasteiger partial charge in [0.2, 0.25) is 0 Å². The van der Waals surface area contributed by atoms with Crippen molar-refractivity contribution in [2.75, 3.05) is 26.3 Å². The Morgan fingerprint density at radius 3 is 2.32 bits per heavy atom. The number of hydrogen-bond acceptors (Lipinski definition) is 4. The molecule has 1 aliphatic rings. The van der Waals surface area contributed by atoms with Crippen molar-refractivity contribution in [2.24, 2.45) is 5.10 Å². The molecule has 0 spiro atoms. The second-order valence-electron chi connectivity index (χ2n) is 6.50. The zero-order valence-corrected chi connectivity index (χ0v) is 16.1. The van der Waals surface area contributed by atoms with Crippen LogP contribution in [0.3, 0.4) is 0 Å². The van der Waals surface area contributed by atoms with Crippen molar-refractivity contribution in [3.63, 3.8) is 0 Å². The standard InChI is InChI=1S/C21H21N3O3S/c25-28(26,20-11-10-17-6-4-5-9-19(17)16-20)23-22-21(18-7-2-1-3-8-18)24-12-14-27-15-13-24/h1-11,16,23H,12-15H2/b22-21+. The highest BCUT2D eigenvalue weighted by Crippen LogP contribution is 2.19. The van der Waals surface area contributed by atoms with Crippen molar-refractivity contribution in [1.29, 1.82) is 0 Å². The van der Waals surface area contributed by atoms with Crippen LogP contribution in [0, 0.1) is 0 Å². The molecule has 0 aromatic heterocycles. The van der Waals surface area contributed by atoms with Crippen molar-refractivity contribution < 1.29 is 13.2 Å². The summed E-state index contributed by atoms with van der Waals surface area (Å²) in [4.78, 5) is 4.63. The summed E-state index contributed by atoms with van der Waals surface area (Å²) in [5, 5.41) is 6.15. The number of nitrogens with one attached hydrogen (secondary N) is 1. The Morgan fingerprint density at radius 2 is 1.57 bits per heavy atom. The van der Waals surface area contributed by atoms with Gasteiger partial charge in [0.1, 0.15) is 0 Å². The van der Waals surface area contributed by atoms with Crippen molar-refractivity contribution >= 4 is 26.6 Å². The van der Waals surface area contributed by atoms with Gasteiger partial charge in [-0.15, -0.1) is 5.10 Å². The van der Waals surface area contributed by atoms with Crippen LogP contribution < -0.4 is 4.83 Å². The van der Waals surface area contributed by atoms with E-state index in [1.807, 2.05) is 59.5 Å². The summed E-state index contributed by atoms with van der Waals surface area (Å²) in [5.74, 6) is 0.591. The van der Waals surface area contributed by atoms with Crippen LogP contribution in [0.4, 0.5) is 0 Å². The third kappa shape index (κ3) is 4.00. The summed E-state index contributed by atoms with van der Waals surface area (Å²) in [6, 6.07) is 22.3. The third-order valence-corrected chi connectivity index (χ3v) is 5.85. The minimum atomic E-state index is -3.79. The molecule has 144 valence electrons. The second kappa shape index (κ2) is 8.00. The Kier molecular flexibility index (Phi) is 5.27. The minimum absolute atomic E-state index is 0.185. The highest BCUT2D eigenvalue weighted by molar-refractivity contribution is 7.89. The summed E-state index contributed by atoms with van der Waals surface area (Å²) >= 11 is 0. The third-order valence-electron chi connectivity index (χ3n) is 4.65. The topological polar surface area (TPSA) is 71.0 Å². The highest BCUT2D eigenvalue weighted by Gasteiger charge is 2.19.